The molecule has 0 aliphatic carbocycles. The number of rotatable bonds is 4. The first kappa shape index (κ1) is 10.2. The summed E-state index contributed by atoms with van der Waals surface area (Å²) in [5.41, 5.74) is 7.96. The van der Waals surface area contributed by atoms with Crippen molar-refractivity contribution in [1.29, 1.82) is 0 Å². The molecule has 11 heavy (non-hydrogen) atoms. The highest BCUT2D eigenvalue weighted by Crippen LogP contribution is 2.20. The fourth-order valence-electron chi connectivity index (χ4n) is 0.791. The summed E-state index contributed by atoms with van der Waals surface area (Å²) in [6.07, 6.45) is 1.44. The van der Waals surface area contributed by atoms with Gasteiger partial charge in [0.25, 0.3) is 0 Å². The highest BCUT2D eigenvalue weighted by Gasteiger charge is 2.28. The van der Waals surface area contributed by atoms with Crippen molar-refractivity contribution in [2.75, 3.05) is 0 Å². The molecule has 0 amide bonds. The van der Waals surface area contributed by atoms with Crippen molar-refractivity contribution in [2.45, 2.75) is 32.6 Å². The average molecular weight is 159 g/mol. The summed E-state index contributed by atoms with van der Waals surface area (Å²) in [5.74, 6) is -2.66. The Morgan fingerprint density at radius 1 is 1.64 bits per heavy atom. The SMILES string of the molecule is CCCC(C)C(O)(O)N=[N+]=[N-]. The second kappa shape index (κ2) is 4.18. The zero-order valence-electron chi connectivity index (χ0n) is 6.73. The van der Waals surface area contributed by atoms with E-state index in [1.165, 1.54) is 0 Å². The molecule has 0 rings (SSSR count). The minimum Gasteiger partial charge on any atom is -0.361 e. The van der Waals surface area contributed by atoms with Gasteiger partial charge < -0.3 is 10.2 Å². The number of nitrogens with zero attached hydrogens (tertiary/aromatic N) is 3. The van der Waals surface area contributed by atoms with Gasteiger partial charge in [0.15, 0.2) is 0 Å². The molecule has 0 aliphatic heterocycles. The summed E-state index contributed by atoms with van der Waals surface area (Å²) in [4.78, 5) is 2.34. The lowest BCUT2D eigenvalue weighted by atomic mass is 10.0. The molecule has 0 fully saturated rings. The average Bonchev–Trinajstić information content (AvgIpc) is 1.88. The fourth-order valence-corrected chi connectivity index (χ4v) is 0.791. The van der Waals surface area contributed by atoms with Crippen LogP contribution in [0, 0.1) is 5.92 Å². The Labute approximate surface area is 65.3 Å². The van der Waals surface area contributed by atoms with Crippen molar-refractivity contribution in [3.05, 3.63) is 10.4 Å². The van der Waals surface area contributed by atoms with Gasteiger partial charge in [0, 0.05) is 10.8 Å². The van der Waals surface area contributed by atoms with Crippen LogP contribution in [0.2, 0.25) is 0 Å². The van der Waals surface area contributed by atoms with E-state index in [2.05, 4.69) is 10.0 Å². The number of hydrogen-bond acceptors (Lipinski definition) is 3. The molecule has 0 aromatic carbocycles. The van der Waals surface area contributed by atoms with Gasteiger partial charge in [-0.25, -0.2) is 0 Å². The number of azide groups is 1. The Hall–Kier alpha value is -0.770. The minimum absolute atomic E-state index is 0.427. The van der Waals surface area contributed by atoms with Gasteiger partial charge in [0.1, 0.15) is 0 Å². The highest BCUT2D eigenvalue weighted by atomic mass is 16.5. The normalized spacial score (nSPS) is 13.8. The zero-order chi connectivity index (χ0) is 8.91. The van der Waals surface area contributed by atoms with Crippen molar-refractivity contribution < 1.29 is 10.2 Å². The molecule has 1 unspecified atom stereocenters. The highest BCUT2D eigenvalue weighted by molar-refractivity contribution is 4.69. The molecule has 64 valence electrons. The summed E-state index contributed by atoms with van der Waals surface area (Å²) in [7, 11) is 0. The molecule has 5 nitrogen and oxygen atoms in total. The Morgan fingerprint density at radius 2 is 2.18 bits per heavy atom. The standard InChI is InChI=1S/C6H13N3O2/c1-3-4-5(2)6(10,11)8-9-7/h5,10-11H,3-4H2,1-2H3. The molecule has 0 bridgehead atoms. The van der Waals surface area contributed by atoms with E-state index >= 15 is 0 Å². The smallest absolute Gasteiger partial charge is 0.246 e. The van der Waals surface area contributed by atoms with Gasteiger partial charge in [-0.15, -0.1) is 0 Å². The van der Waals surface area contributed by atoms with Crippen LogP contribution in [0.3, 0.4) is 0 Å². The second-order valence-corrected chi connectivity index (χ2v) is 2.57. The topological polar surface area (TPSA) is 89.2 Å². The van der Waals surface area contributed by atoms with Gasteiger partial charge in [0.2, 0.25) is 5.91 Å². The maximum absolute atomic E-state index is 9.05. The molecule has 0 spiro atoms. The van der Waals surface area contributed by atoms with Crippen LogP contribution in [0.5, 0.6) is 0 Å². The third kappa shape index (κ3) is 3.23. The van der Waals surface area contributed by atoms with Crippen molar-refractivity contribution in [1.82, 2.24) is 0 Å². The van der Waals surface area contributed by atoms with Crippen molar-refractivity contribution in [2.24, 2.45) is 11.0 Å². The third-order valence-corrected chi connectivity index (χ3v) is 1.57. The maximum atomic E-state index is 9.05. The number of hydrogen-bond donors (Lipinski definition) is 2. The van der Waals surface area contributed by atoms with Crippen LogP contribution < -0.4 is 0 Å². The van der Waals surface area contributed by atoms with E-state index in [9.17, 15) is 0 Å². The fraction of sp³-hybridized carbons (Fsp3) is 1.00. The monoisotopic (exact) mass is 159 g/mol. The zero-order valence-corrected chi connectivity index (χ0v) is 6.73. The summed E-state index contributed by atoms with van der Waals surface area (Å²) >= 11 is 0. The Bertz CT molecular complexity index is 163. The first-order valence-corrected chi connectivity index (χ1v) is 3.55. The van der Waals surface area contributed by atoms with Gasteiger partial charge in [0.05, 0.1) is 0 Å². The Morgan fingerprint density at radius 3 is 2.55 bits per heavy atom. The molecule has 0 aromatic rings. The minimum atomic E-state index is -2.23. The quantitative estimate of drug-likeness (QED) is 0.281. The number of aliphatic hydroxyl groups is 2. The van der Waals surface area contributed by atoms with E-state index in [1.54, 1.807) is 6.92 Å². The summed E-state index contributed by atoms with van der Waals surface area (Å²) < 4.78 is 0. The maximum Gasteiger partial charge on any atom is 0.246 e. The molecular weight excluding hydrogens is 146 g/mol. The molecule has 2 N–H and O–H groups in total. The van der Waals surface area contributed by atoms with Crippen LogP contribution in [0.25, 0.3) is 10.4 Å². The molecule has 0 saturated heterocycles. The Balaban J connectivity index is 4.15. The second-order valence-electron chi connectivity index (χ2n) is 2.57. The van der Waals surface area contributed by atoms with Gasteiger partial charge in [-0.3, -0.25) is 0 Å². The molecule has 0 aliphatic rings. The molecule has 0 saturated carbocycles. The van der Waals surface area contributed by atoms with Crippen LogP contribution in [0.15, 0.2) is 5.11 Å². The van der Waals surface area contributed by atoms with Gasteiger partial charge in [-0.2, -0.15) is 0 Å². The van der Waals surface area contributed by atoms with Crippen LogP contribution in [0.1, 0.15) is 26.7 Å². The predicted octanol–water partition coefficient (Wildman–Crippen LogP) is 1.37. The van der Waals surface area contributed by atoms with Crippen molar-refractivity contribution in [3.63, 3.8) is 0 Å². The molecule has 0 radical (unpaired) electrons. The van der Waals surface area contributed by atoms with Crippen LogP contribution >= 0.6 is 0 Å². The van der Waals surface area contributed by atoms with Crippen LogP contribution in [-0.2, 0) is 0 Å². The van der Waals surface area contributed by atoms with E-state index in [4.69, 9.17) is 15.7 Å². The van der Waals surface area contributed by atoms with Crippen molar-refractivity contribution >= 4 is 0 Å². The molecule has 0 heterocycles. The lowest BCUT2D eigenvalue weighted by Crippen LogP contribution is -2.32. The molecule has 0 aromatic heterocycles. The van der Waals surface area contributed by atoms with E-state index in [0.717, 1.165) is 6.42 Å². The van der Waals surface area contributed by atoms with E-state index in [1.807, 2.05) is 6.92 Å². The van der Waals surface area contributed by atoms with E-state index < -0.39 is 11.8 Å². The van der Waals surface area contributed by atoms with E-state index in [-0.39, 0.29) is 0 Å². The lowest BCUT2D eigenvalue weighted by Gasteiger charge is -2.22. The first-order valence-electron chi connectivity index (χ1n) is 3.55. The van der Waals surface area contributed by atoms with E-state index in [0.29, 0.717) is 6.42 Å². The molecule has 5 heteroatoms. The summed E-state index contributed by atoms with van der Waals surface area (Å²) in [6, 6.07) is 0. The van der Waals surface area contributed by atoms with Crippen molar-refractivity contribution in [3.8, 4) is 0 Å². The van der Waals surface area contributed by atoms with Crippen LogP contribution in [-0.4, -0.2) is 16.1 Å². The third-order valence-electron chi connectivity index (χ3n) is 1.57. The Kier molecular flexibility index (Phi) is 3.89. The summed E-state index contributed by atoms with van der Waals surface area (Å²) in [6.45, 7) is 3.54. The molecule has 1 atom stereocenters. The van der Waals surface area contributed by atoms with Gasteiger partial charge >= 0.3 is 0 Å². The largest absolute Gasteiger partial charge is 0.361 e. The summed E-state index contributed by atoms with van der Waals surface area (Å²) in [5, 5.41) is 21.0. The first-order chi connectivity index (χ1) is 5.04. The van der Waals surface area contributed by atoms with Gasteiger partial charge in [-0.1, -0.05) is 20.3 Å². The molecular formula is C6H13N3O2. The van der Waals surface area contributed by atoms with Crippen LogP contribution in [0.4, 0.5) is 0 Å². The lowest BCUT2D eigenvalue weighted by molar-refractivity contribution is -0.191. The predicted molar refractivity (Wildman–Crippen MR) is 40.4 cm³/mol. The van der Waals surface area contributed by atoms with Gasteiger partial charge in [-0.05, 0) is 17.1 Å².